The highest BCUT2D eigenvalue weighted by molar-refractivity contribution is 5.86. The molecular formula is C9H19N3O2. The van der Waals surface area contributed by atoms with Crippen LogP contribution in [0, 0.1) is 5.92 Å². The predicted octanol–water partition coefficient (Wildman–Crippen LogP) is 0.206. The van der Waals surface area contributed by atoms with E-state index in [-0.39, 0.29) is 11.8 Å². The number of primary amides is 1. The molecule has 0 bridgehead atoms. The number of likely N-dealkylation sites (N-methyl/N-ethyl adjacent to an activating group) is 1. The molecular weight excluding hydrogens is 182 g/mol. The van der Waals surface area contributed by atoms with E-state index < -0.39 is 12.1 Å². The first-order chi connectivity index (χ1) is 6.52. The van der Waals surface area contributed by atoms with Crippen molar-refractivity contribution < 1.29 is 9.59 Å². The van der Waals surface area contributed by atoms with Crippen LogP contribution in [0.3, 0.4) is 0 Å². The smallest absolute Gasteiger partial charge is 0.312 e. The van der Waals surface area contributed by atoms with E-state index in [0.29, 0.717) is 6.54 Å². The lowest BCUT2D eigenvalue weighted by Gasteiger charge is -2.22. The Kier molecular flexibility index (Phi) is 5.67. The second-order valence-corrected chi connectivity index (χ2v) is 3.27. The van der Waals surface area contributed by atoms with Crippen molar-refractivity contribution in [2.24, 2.45) is 11.7 Å². The van der Waals surface area contributed by atoms with Crippen LogP contribution < -0.4 is 16.4 Å². The molecule has 0 aliphatic carbocycles. The zero-order valence-electron chi connectivity index (χ0n) is 8.96. The van der Waals surface area contributed by atoms with Crippen LogP contribution in [-0.4, -0.2) is 24.5 Å². The summed E-state index contributed by atoms with van der Waals surface area (Å²) in [4.78, 5) is 22.2. The van der Waals surface area contributed by atoms with Gasteiger partial charge in [-0.25, -0.2) is 4.79 Å². The molecule has 0 fully saturated rings. The van der Waals surface area contributed by atoms with Gasteiger partial charge in [-0.15, -0.1) is 0 Å². The van der Waals surface area contributed by atoms with Gasteiger partial charge in [0.15, 0.2) is 0 Å². The highest BCUT2D eigenvalue weighted by Gasteiger charge is 2.24. The SMILES string of the molecule is CCNC(=O)C(NC(N)=O)C(C)CC. The maximum absolute atomic E-state index is 11.5. The Hall–Kier alpha value is -1.26. The fourth-order valence-corrected chi connectivity index (χ4v) is 1.14. The average Bonchev–Trinajstić information content (AvgIpc) is 2.13. The van der Waals surface area contributed by atoms with E-state index in [1.807, 2.05) is 20.8 Å². The highest BCUT2D eigenvalue weighted by atomic mass is 16.2. The van der Waals surface area contributed by atoms with Crippen molar-refractivity contribution >= 4 is 11.9 Å². The van der Waals surface area contributed by atoms with Crippen LogP contribution in [0.25, 0.3) is 0 Å². The van der Waals surface area contributed by atoms with Crippen LogP contribution in [-0.2, 0) is 4.79 Å². The van der Waals surface area contributed by atoms with Crippen molar-refractivity contribution in [3.63, 3.8) is 0 Å². The number of rotatable bonds is 5. The second-order valence-electron chi connectivity index (χ2n) is 3.27. The first-order valence-corrected chi connectivity index (χ1v) is 4.86. The molecule has 0 spiro atoms. The van der Waals surface area contributed by atoms with Gasteiger partial charge in [-0.3, -0.25) is 4.79 Å². The van der Waals surface area contributed by atoms with Crippen LogP contribution in [0.2, 0.25) is 0 Å². The molecule has 5 heteroatoms. The Bertz CT molecular complexity index is 206. The van der Waals surface area contributed by atoms with Gasteiger partial charge in [0.2, 0.25) is 5.91 Å². The van der Waals surface area contributed by atoms with E-state index in [4.69, 9.17) is 5.73 Å². The predicted molar refractivity (Wildman–Crippen MR) is 54.6 cm³/mol. The van der Waals surface area contributed by atoms with E-state index in [1.165, 1.54) is 0 Å². The molecule has 5 nitrogen and oxygen atoms in total. The van der Waals surface area contributed by atoms with Crippen molar-refractivity contribution in [1.29, 1.82) is 0 Å². The minimum absolute atomic E-state index is 0.0778. The van der Waals surface area contributed by atoms with Crippen molar-refractivity contribution in [3.8, 4) is 0 Å². The van der Waals surface area contributed by atoms with Gasteiger partial charge < -0.3 is 16.4 Å². The molecule has 0 saturated heterocycles. The van der Waals surface area contributed by atoms with Gasteiger partial charge in [-0.1, -0.05) is 20.3 Å². The maximum Gasteiger partial charge on any atom is 0.312 e. The van der Waals surface area contributed by atoms with Crippen molar-refractivity contribution in [2.75, 3.05) is 6.54 Å². The zero-order chi connectivity index (χ0) is 11.1. The lowest BCUT2D eigenvalue weighted by Crippen LogP contribution is -2.51. The monoisotopic (exact) mass is 201 g/mol. The molecule has 3 amide bonds. The summed E-state index contributed by atoms with van der Waals surface area (Å²) in [6.07, 6.45) is 0.808. The van der Waals surface area contributed by atoms with Crippen LogP contribution in [0.5, 0.6) is 0 Å². The number of carbonyl (C=O) groups excluding carboxylic acids is 2. The molecule has 0 radical (unpaired) electrons. The topological polar surface area (TPSA) is 84.2 Å². The number of nitrogens with two attached hydrogens (primary N) is 1. The highest BCUT2D eigenvalue weighted by Crippen LogP contribution is 2.07. The van der Waals surface area contributed by atoms with E-state index >= 15 is 0 Å². The normalized spacial score (nSPS) is 14.2. The van der Waals surface area contributed by atoms with Crippen LogP contribution in [0.4, 0.5) is 4.79 Å². The first-order valence-electron chi connectivity index (χ1n) is 4.86. The lowest BCUT2D eigenvalue weighted by atomic mass is 9.98. The molecule has 2 unspecified atom stereocenters. The molecule has 0 heterocycles. The van der Waals surface area contributed by atoms with Gasteiger partial charge >= 0.3 is 6.03 Å². The fourth-order valence-electron chi connectivity index (χ4n) is 1.14. The maximum atomic E-state index is 11.5. The van der Waals surface area contributed by atoms with E-state index in [1.54, 1.807) is 0 Å². The summed E-state index contributed by atoms with van der Waals surface area (Å²) in [5.74, 6) is -0.102. The zero-order valence-corrected chi connectivity index (χ0v) is 8.96. The molecule has 0 aromatic heterocycles. The summed E-state index contributed by atoms with van der Waals surface area (Å²) in [6.45, 7) is 6.23. The Morgan fingerprint density at radius 3 is 2.29 bits per heavy atom. The van der Waals surface area contributed by atoms with Gasteiger partial charge in [0.25, 0.3) is 0 Å². The summed E-state index contributed by atoms with van der Waals surface area (Å²) in [5.41, 5.74) is 4.99. The molecule has 4 N–H and O–H groups in total. The van der Waals surface area contributed by atoms with E-state index in [0.717, 1.165) is 6.42 Å². The summed E-state index contributed by atoms with van der Waals surface area (Å²) >= 11 is 0. The Morgan fingerprint density at radius 1 is 1.36 bits per heavy atom. The molecule has 0 aromatic carbocycles. The van der Waals surface area contributed by atoms with E-state index in [2.05, 4.69) is 10.6 Å². The first kappa shape index (κ1) is 12.7. The molecule has 0 aliphatic heterocycles. The van der Waals surface area contributed by atoms with Crippen molar-refractivity contribution in [2.45, 2.75) is 33.2 Å². The number of nitrogens with one attached hydrogen (secondary N) is 2. The summed E-state index contributed by atoms with van der Waals surface area (Å²) in [5, 5.41) is 5.10. The molecule has 0 saturated carbocycles. The number of urea groups is 1. The number of amides is 3. The summed E-state index contributed by atoms with van der Waals surface area (Å²) < 4.78 is 0. The van der Waals surface area contributed by atoms with Crippen LogP contribution >= 0.6 is 0 Å². The Morgan fingerprint density at radius 2 is 1.93 bits per heavy atom. The summed E-state index contributed by atoms with van der Waals surface area (Å²) in [7, 11) is 0. The Balaban J connectivity index is 4.37. The lowest BCUT2D eigenvalue weighted by molar-refractivity contribution is -0.123. The minimum Gasteiger partial charge on any atom is -0.355 e. The standard InChI is InChI=1S/C9H19N3O2/c1-4-6(3)7(12-9(10)14)8(13)11-5-2/h6-7H,4-5H2,1-3H3,(H,11,13)(H3,10,12,14). The van der Waals surface area contributed by atoms with E-state index in [9.17, 15) is 9.59 Å². The van der Waals surface area contributed by atoms with Gasteiger partial charge in [0.05, 0.1) is 0 Å². The third kappa shape index (κ3) is 4.11. The van der Waals surface area contributed by atoms with Crippen molar-refractivity contribution in [1.82, 2.24) is 10.6 Å². The molecule has 82 valence electrons. The van der Waals surface area contributed by atoms with Gasteiger partial charge in [0, 0.05) is 6.54 Å². The molecule has 14 heavy (non-hydrogen) atoms. The fraction of sp³-hybridized carbons (Fsp3) is 0.778. The molecule has 0 rings (SSSR count). The van der Waals surface area contributed by atoms with Gasteiger partial charge in [-0.05, 0) is 12.8 Å². The van der Waals surface area contributed by atoms with Crippen molar-refractivity contribution in [3.05, 3.63) is 0 Å². The third-order valence-corrected chi connectivity index (χ3v) is 2.14. The number of carbonyl (C=O) groups is 2. The number of hydrogen-bond donors (Lipinski definition) is 3. The largest absolute Gasteiger partial charge is 0.355 e. The quantitative estimate of drug-likeness (QED) is 0.594. The summed E-state index contributed by atoms with van der Waals surface area (Å²) in [6, 6.07) is -1.20. The van der Waals surface area contributed by atoms with Gasteiger partial charge in [0.1, 0.15) is 6.04 Å². The number of hydrogen-bond acceptors (Lipinski definition) is 2. The second kappa shape index (κ2) is 6.23. The van der Waals surface area contributed by atoms with Crippen LogP contribution in [0.1, 0.15) is 27.2 Å². The molecule has 2 atom stereocenters. The minimum atomic E-state index is -0.665. The van der Waals surface area contributed by atoms with Crippen LogP contribution in [0.15, 0.2) is 0 Å². The molecule has 0 aliphatic rings. The average molecular weight is 201 g/mol. The third-order valence-electron chi connectivity index (χ3n) is 2.14. The van der Waals surface area contributed by atoms with Gasteiger partial charge in [-0.2, -0.15) is 0 Å². The Labute approximate surface area is 84.4 Å². The molecule has 0 aromatic rings.